The molecule has 0 spiro atoms. The molecule has 68 heavy (non-hydrogen) atoms. The lowest BCUT2D eigenvalue weighted by atomic mass is 9.88. The summed E-state index contributed by atoms with van der Waals surface area (Å²) in [5, 5.41) is 25.8. The lowest BCUT2D eigenvalue weighted by Crippen LogP contribution is -2.09. The van der Waals surface area contributed by atoms with Crippen LogP contribution in [0.2, 0.25) is 0 Å². The second kappa shape index (κ2) is 13.8. The van der Waals surface area contributed by atoms with Crippen molar-refractivity contribution in [2.24, 2.45) is 0 Å². The van der Waals surface area contributed by atoms with Crippen molar-refractivity contribution in [2.45, 2.75) is 0 Å². The first-order valence-corrected chi connectivity index (χ1v) is 24.2. The molecule has 0 aliphatic heterocycles. The number of aromatic nitrogens is 3. The molecule has 0 N–H and O–H groups in total. The maximum absolute atomic E-state index is 12.1. The molecule has 7 heteroatoms. The van der Waals surface area contributed by atoms with E-state index in [1.54, 1.807) is 22.7 Å². The summed E-state index contributed by atoms with van der Waals surface area (Å²) in [5.41, 5.74) is 9.35. The summed E-state index contributed by atoms with van der Waals surface area (Å²) in [6.45, 7) is 9.36. The van der Waals surface area contributed by atoms with Crippen LogP contribution in [0.5, 0.6) is 0 Å². The van der Waals surface area contributed by atoms with Crippen LogP contribution in [0, 0.1) is 17.9 Å². The number of benzene rings is 10. The van der Waals surface area contributed by atoms with Crippen molar-refractivity contribution in [1.82, 2.24) is 14.1 Å². The maximum Gasteiger partial charge on any atom is 0.220 e. The minimum atomic E-state index is 0.404. The summed E-state index contributed by atoms with van der Waals surface area (Å²) < 4.78 is 9.42. The van der Waals surface area contributed by atoms with Gasteiger partial charge in [-0.25, -0.2) is 4.85 Å². The molecule has 0 saturated heterocycles. The fourth-order valence-electron chi connectivity index (χ4n) is 11.5. The normalized spacial score (nSPS) is 12.1. The van der Waals surface area contributed by atoms with Crippen LogP contribution in [0.1, 0.15) is 5.56 Å². The Balaban J connectivity index is 1.26. The van der Waals surface area contributed by atoms with Crippen LogP contribution in [-0.4, -0.2) is 14.1 Å². The Hall–Kier alpha value is -8.85. The van der Waals surface area contributed by atoms with Gasteiger partial charge in [0.25, 0.3) is 0 Å². The standard InChI is InChI=1S/C61H31N5S2/c1-63-55-51(34-15-4-2-5-16-34)45(31-62)56(52(35-17-6-3-7-18-35)59(55)65-47-24-14-23-40-36-19-8-9-20-37(36)46-32-64-33-48(65)54(46)53(40)47)66-57-41(27-29-43-38-21-10-12-25-49(38)67-60(43)57)42-28-30-44-39-22-11-13-26-50(39)68-61(44)58(42)66/h2-30,32-33H. The van der Waals surface area contributed by atoms with Gasteiger partial charge in [0.05, 0.1) is 61.2 Å². The summed E-state index contributed by atoms with van der Waals surface area (Å²) >= 11 is 3.59. The molecular weight excluding hydrogens is 867 g/mol. The molecule has 10 aromatic carbocycles. The van der Waals surface area contributed by atoms with E-state index < -0.39 is 0 Å². The van der Waals surface area contributed by atoms with Crippen molar-refractivity contribution in [3.8, 4) is 39.7 Å². The molecule has 0 saturated carbocycles. The Labute approximate surface area is 396 Å². The molecule has 0 radical (unpaired) electrons. The van der Waals surface area contributed by atoms with Crippen LogP contribution < -0.4 is 0 Å². The molecule has 15 rings (SSSR count). The Morgan fingerprint density at radius 1 is 0.441 bits per heavy atom. The third-order valence-corrected chi connectivity index (χ3v) is 16.6. The van der Waals surface area contributed by atoms with Gasteiger partial charge in [-0.1, -0.05) is 158 Å². The zero-order valence-electron chi connectivity index (χ0n) is 36.0. The van der Waals surface area contributed by atoms with Gasteiger partial charge >= 0.3 is 0 Å². The third kappa shape index (κ3) is 4.78. The Bertz CT molecular complexity index is 4530. The number of fused-ring (bicyclic) bond motifs is 14. The largest absolute Gasteiger partial charge is 0.317 e. The highest BCUT2D eigenvalue weighted by Gasteiger charge is 2.33. The first-order chi connectivity index (χ1) is 33.7. The fraction of sp³-hybridized carbons (Fsp3) is 0. The average Bonchev–Trinajstić information content (AvgIpc) is 4.16. The third-order valence-electron chi connectivity index (χ3n) is 14.2. The van der Waals surface area contributed by atoms with Gasteiger partial charge in [-0.3, -0.25) is 4.98 Å². The molecule has 5 heterocycles. The monoisotopic (exact) mass is 897 g/mol. The number of thiophene rings is 2. The van der Waals surface area contributed by atoms with Crippen LogP contribution in [0.3, 0.4) is 0 Å². The van der Waals surface area contributed by atoms with E-state index in [0.717, 1.165) is 96.9 Å². The number of hydrogen-bond donors (Lipinski definition) is 0. The average molecular weight is 898 g/mol. The molecule has 0 fully saturated rings. The van der Waals surface area contributed by atoms with E-state index in [-0.39, 0.29) is 0 Å². The highest BCUT2D eigenvalue weighted by atomic mass is 32.1. The molecular formula is C61H31N5S2. The zero-order valence-corrected chi connectivity index (χ0v) is 37.6. The second-order valence-corrected chi connectivity index (χ2v) is 19.6. The van der Waals surface area contributed by atoms with Crippen LogP contribution in [0.25, 0.3) is 144 Å². The smallest absolute Gasteiger partial charge is 0.220 e. The van der Waals surface area contributed by atoms with Gasteiger partial charge < -0.3 is 9.13 Å². The van der Waals surface area contributed by atoms with Crippen molar-refractivity contribution in [3.05, 3.63) is 205 Å². The Kier molecular flexibility index (Phi) is 7.61. The van der Waals surface area contributed by atoms with Crippen LogP contribution in [0.4, 0.5) is 5.69 Å². The summed E-state index contributed by atoms with van der Waals surface area (Å²) in [7, 11) is 0. The van der Waals surface area contributed by atoms with Gasteiger partial charge in [0.2, 0.25) is 5.69 Å². The number of nitrogens with zero attached hydrogens (tertiary/aromatic N) is 5. The lowest BCUT2D eigenvalue weighted by molar-refractivity contribution is 1.14. The van der Waals surface area contributed by atoms with Crippen LogP contribution in [0.15, 0.2) is 188 Å². The summed E-state index contributed by atoms with van der Waals surface area (Å²) in [6.07, 6.45) is 3.94. The molecule has 0 unspecified atom stereocenters. The van der Waals surface area contributed by atoms with E-state index in [4.69, 9.17) is 4.98 Å². The molecule has 0 amide bonds. The van der Waals surface area contributed by atoms with Crippen LogP contribution in [-0.2, 0) is 0 Å². The van der Waals surface area contributed by atoms with Crippen molar-refractivity contribution < 1.29 is 0 Å². The fourth-order valence-corrected chi connectivity index (χ4v) is 14.0. The topological polar surface area (TPSA) is 50.9 Å². The molecule has 5 aromatic heterocycles. The highest BCUT2D eigenvalue weighted by molar-refractivity contribution is 7.27. The first kappa shape index (κ1) is 37.4. The number of rotatable bonds is 4. The minimum Gasteiger partial charge on any atom is -0.317 e. The van der Waals surface area contributed by atoms with E-state index >= 15 is 0 Å². The van der Waals surface area contributed by atoms with Crippen molar-refractivity contribution in [1.29, 1.82) is 5.26 Å². The Morgan fingerprint density at radius 2 is 0.956 bits per heavy atom. The van der Waals surface area contributed by atoms with E-state index in [1.807, 2.05) is 48.8 Å². The Morgan fingerprint density at radius 3 is 1.56 bits per heavy atom. The van der Waals surface area contributed by atoms with E-state index in [1.165, 1.54) is 30.9 Å². The second-order valence-electron chi connectivity index (χ2n) is 17.5. The van der Waals surface area contributed by atoms with Gasteiger partial charge in [-0.05, 0) is 45.5 Å². The summed E-state index contributed by atoms with van der Waals surface area (Å²) in [6, 6.07) is 64.8. The SMILES string of the molecule is [C-]#[N+]c1c(-c2ccccc2)c(C#N)c(-n2c3c(ccc4c5ccccc5sc43)c3ccc4c5ccccc5sc4c32)c(-c2ccccc2)c1-n1c2cccc3c4ccccc4c4cncc1c4c32. The van der Waals surface area contributed by atoms with E-state index in [2.05, 4.69) is 160 Å². The summed E-state index contributed by atoms with van der Waals surface area (Å²) in [4.78, 5) is 9.54. The van der Waals surface area contributed by atoms with Crippen molar-refractivity contribution in [2.75, 3.05) is 0 Å². The van der Waals surface area contributed by atoms with Crippen molar-refractivity contribution >= 4 is 134 Å². The van der Waals surface area contributed by atoms with E-state index in [0.29, 0.717) is 22.5 Å². The predicted molar refractivity (Wildman–Crippen MR) is 287 cm³/mol. The van der Waals surface area contributed by atoms with Gasteiger partial charge in [-0.2, -0.15) is 5.26 Å². The highest BCUT2D eigenvalue weighted by Crippen LogP contribution is 2.55. The predicted octanol–water partition coefficient (Wildman–Crippen LogP) is 17.5. The minimum absolute atomic E-state index is 0.404. The molecule has 15 aromatic rings. The molecule has 0 aliphatic carbocycles. The maximum atomic E-state index is 12.1. The quantitative estimate of drug-likeness (QED) is 0.131. The molecule has 5 nitrogen and oxygen atoms in total. The lowest BCUT2D eigenvalue weighted by Gasteiger charge is -2.26. The number of nitriles is 1. The molecule has 0 bridgehead atoms. The van der Waals surface area contributed by atoms with Crippen LogP contribution >= 0.6 is 22.7 Å². The van der Waals surface area contributed by atoms with Gasteiger partial charge in [0.15, 0.2) is 0 Å². The molecule has 0 atom stereocenters. The van der Waals surface area contributed by atoms with Gasteiger partial charge in [0, 0.05) is 75.2 Å². The first-order valence-electron chi connectivity index (χ1n) is 22.5. The zero-order chi connectivity index (χ0) is 44.8. The number of pyridine rings is 1. The number of hydrogen-bond acceptors (Lipinski definition) is 4. The molecule has 312 valence electrons. The van der Waals surface area contributed by atoms with Crippen molar-refractivity contribution in [3.63, 3.8) is 0 Å². The van der Waals surface area contributed by atoms with E-state index in [9.17, 15) is 11.8 Å². The summed E-state index contributed by atoms with van der Waals surface area (Å²) in [5.74, 6) is 0. The van der Waals surface area contributed by atoms with Gasteiger partial charge in [-0.15, -0.1) is 22.7 Å². The van der Waals surface area contributed by atoms with Gasteiger partial charge in [0.1, 0.15) is 6.07 Å². The molecule has 0 aliphatic rings.